The first-order valence-corrected chi connectivity index (χ1v) is 6.57. The Morgan fingerprint density at radius 2 is 2.20 bits per heavy atom. The molecule has 0 spiro atoms. The van der Waals surface area contributed by atoms with Gasteiger partial charge in [0.05, 0.1) is 13.0 Å². The van der Waals surface area contributed by atoms with Crippen LogP contribution in [-0.4, -0.2) is 46.0 Å². The largest absolute Gasteiger partial charge is 0.481 e. The van der Waals surface area contributed by atoms with E-state index in [4.69, 9.17) is 5.11 Å². The fourth-order valence-electron chi connectivity index (χ4n) is 1.86. The molecule has 1 heterocycles. The average Bonchev–Trinajstić information content (AvgIpc) is 3.26. The van der Waals surface area contributed by atoms with Crippen LogP contribution < -0.4 is 10.9 Å². The lowest BCUT2D eigenvalue weighted by Crippen LogP contribution is -2.41. The summed E-state index contributed by atoms with van der Waals surface area (Å²) in [5, 5.41) is 8.70. The smallest absolute Gasteiger partial charge is 0.304 e. The number of carboxylic acids is 1. The van der Waals surface area contributed by atoms with Crippen molar-refractivity contribution in [2.45, 2.75) is 25.3 Å². The van der Waals surface area contributed by atoms with E-state index in [1.54, 1.807) is 18.3 Å². The Labute approximate surface area is 117 Å². The molecule has 108 valence electrons. The van der Waals surface area contributed by atoms with Gasteiger partial charge in [0, 0.05) is 18.8 Å². The zero-order valence-corrected chi connectivity index (χ0v) is 11.1. The number of anilines is 1. The normalized spacial score (nSPS) is 14.1. The van der Waals surface area contributed by atoms with Crippen molar-refractivity contribution < 1.29 is 14.7 Å². The van der Waals surface area contributed by atoms with E-state index in [-0.39, 0.29) is 18.9 Å². The van der Waals surface area contributed by atoms with Crippen LogP contribution in [0, 0.1) is 0 Å². The maximum atomic E-state index is 11.8. The first-order valence-electron chi connectivity index (χ1n) is 6.57. The number of amides is 1. The molecule has 1 amide bonds. The zero-order valence-electron chi connectivity index (χ0n) is 11.1. The van der Waals surface area contributed by atoms with Gasteiger partial charge >= 0.3 is 5.97 Å². The molecule has 1 aromatic rings. The molecule has 20 heavy (non-hydrogen) atoms. The summed E-state index contributed by atoms with van der Waals surface area (Å²) in [7, 11) is 0. The number of carboxylic acid groups (broad SMARTS) is 1. The van der Waals surface area contributed by atoms with Crippen LogP contribution >= 0.6 is 0 Å². The van der Waals surface area contributed by atoms with Crippen LogP contribution in [0.25, 0.3) is 0 Å². The predicted octanol–water partition coefficient (Wildman–Crippen LogP) is 0.464. The Bertz CT molecular complexity index is 462. The van der Waals surface area contributed by atoms with E-state index >= 15 is 0 Å². The summed E-state index contributed by atoms with van der Waals surface area (Å²) in [5.74, 6) is -0.486. The van der Waals surface area contributed by atoms with Crippen LogP contribution in [0.2, 0.25) is 0 Å². The molecular weight excluding hydrogens is 260 g/mol. The SMILES string of the molecule is O=C(O)CCN(CC(=O)NNc1ccccn1)C1CC1. The molecule has 2 rings (SSSR count). The van der Waals surface area contributed by atoms with Crippen LogP contribution in [0.5, 0.6) is 0 Å². The van der Waals surface area contributed by atoms with Gasteiger partial charge in [-0.25, -0.2) is 4.98 Å². The number of nitrogens with one attached hydrogen (secondary N) is 2. The molecule has 0 aliphatic heterocycles. The van der Waals surface area contributed by atoms with Gasteiger partial charge < -0.3 is 5.11 Å². The summed E-state index contributed by atoms with van der Waals surface area (Å²) in [4.78, 5) is 28.3. The molecule has 3 N–H and O–H groups in total. The minimum absolute atomic E-state index is 0.0530. The molecule has 1 aliphatic carbocycles. The number of pyridine rings is 1. The van der Waals surface area contributed by atoms with Crippen LogP contribution in [0.15, 0.2) is 24.4 Å². The van der Waals surface area contributed by atoms with E-state index in [0.717, 1.165) is 12.8 Å². The molecule has 0 bridgehead atoms. The van der Waals surface area contributed by atoms with Crippen LogP contribution in [0.3, 0.4) is 0 Å². The number of nitrogens with zero attached hydrogens (tertiary/aromatic N) is 2. The number of carbonyl (C=O) groups is 2. The molecular formula is C13H18N4O3. The van der Waals surface area contributed by atoms with Gasteiger partial charge in [-0.3, -0.25) is 25.3 Å². The Morgan fingerprint density at radius 1 is 1.40 bits per heavy atom. The number of aliphatic carboxylic acids is 1. The van der Waals surface area contributed by atoms with Crippen LogP contribution in [0.1, 0.15) is 19.3 Å². The van der Waals surface area contributed by atoms with Gasteiger partial charge in [0.25, 0.3) is 5.91 Å². The second-order valence-corrected chi connectivity index (χ2v) is 4.73. The molecule has 0 radical (unpaired) electrons. The van der Waals surface area contributed by atoms with Crippen molar-refractivity contribution in [3.05, 3.63) is 24.4 Å². The summed E-state index contributed by atoms with van der Waals surface area (Å²) in [6, 6.07) is 5.68. The van der Waals surface area contributed by atoms with Crippen molar-refractivity contribution in [3.63, 3.8) is 0 Å². The van der Waals surface area contributed by atoms with E-state index in [1.165, 1.54) is 0 Å². The molecule has 7 heteroatoms. The quantitative estimate of drug-likeness (QED) is 0.598. The highest BCUT2D eigenvalue weighted by Gasteiger charge is 2.30. The van der Waals surface area contributed by atoms with Gasteiger partial charge in [0.1, 0.15) is 5.82 Å². The fourth-order valence-corrected chi connectivity index (χ4v) is 1.86. The molecule has 0 aromatic carbocycles. The lowest BCUT2D eigenvalue weighted by Gasteiger charge is -2.20. The van der Waals surface area contributed by atoms with E-state index in [1.807, 2.05) is 11.0 Å². The molecule has 0 saturated heterocycles. The van der Waals surface area contributed by atoms with Crippen molar-refractivity contribution in [1.82, 2.24) is 15.3 Å². The third kappa shape index (κ3) is 4.85. The highest BCUT2D eigenvalue weighted by molar-refractivity contribution is 5.79. The minimum atomic E-state index is -0.845. The first kappa shape index (κ1) is 14.3. The molecule has 1 aliphatic rings. The number of aromatic nitrogens is 1. The zero-order chi connectivity index (χ0) is 14.4. The first-order chi connectivity index (χ1) is 9.65. The second-order valence-electron chi connectivity index (χ2n) is 4.73. The Balaban J connectivity index is 1.75. The van der Waals surface area contributed by atoms with Crippen molar-refractivity contribution in [2.24, 2.45) is 0 Å². The number of hydrogen-bond acceptors (Lipinski definition) is 5. The van der Waals surface area contributed by atoms with E-state index in [2.05, 4.69) is 15.8 Å². The Kier molecular flexibility index (Phi) is 4.89. The number of hydrazine groups is 1. The lowest BCUT2D eigenvalue weighted by molar-refractivity contribution is -0.137. The molecule has 7 nitrogen and oxygen atoms in total. The average molecular weight is 278 g/mol. The van der Waals surface area contributed by atoms with Crippen molar-refractivity contribution >= 4 is 17.7 Å². The molecule has 1 fully saturated rings. The summed E-state index contributed by atoms with van der Waals surface area (Å²) in [6.45, 7) is 0.592. The molecule has 1 aromatic heterocycles. The van der Waals surface area contributed by atoms with Crippen LogP contribution in [-0.2, 0) is 9.59 Å². The molecule has 0 atom stereocenters. The summed E-state index contributed by atoms with van der Waals surface area (Å²) < 4.78 is 0. The maximum Gasteiger partial charge on any atom is 0.304 e. The molecule has 0 unspecified atom stereocenters. The van der Waals surface area contributed by atoms with Crippen molar-refractivity contribution in [3.8, 4) is 0 Å². The summed E-state index contributed by atoms with van der Waals surface area (Å²) in [5.41, 5.74) is 5.28. The fraction of sp³-hybridized carbons (Fsp3) is 0.462. The van der Waals surface area contributed by atoms with Gasteiger partial charge in [-0.1, -0.05) is 6.07 Å². The van der Waals surface area contributed by atoms with Gasteiger partial charge in [0.15, 0.2) is 0 Å². The highest BCUT2D eigenvalue weighted by atomic mass is 16.4. The number of carbonyl (C=O) groups excluding carboxylic acids is 1. The second kappa shape index (κ2) is 6.85. The summed E-state index contributed by atoms with van der Waals surface area (Å²) >= 11 is 0. The van der Waals surface area contributed by atoms with Gasteiger partial charge in [0.2, 0.25) is 0 Å². The van der Waals surface area contributed by atoms with Gasteiger partial charge in [-0.15, -0.1) is 0 Å². The minimum Gasteiger partial charge on any atom is -0.481 e. The maximum absolute atomic E-state index is 11.8. The number of hydrogen-bond donors (Lipinski definition) is 3. The van der Waals surface area contributed by atoms with E-state index in [9.17, 15) is 9.59 Å². The van der Waals surface area contributed by atoms with Crippen molar-refractivity contribution in [1.29, 1.82) is 0 Å². The summed E-state index contributed by atoms with van der Waals surface area (Å²) in [6.07, 6.45) is 3.73. The third-order valence-electron chi connectivity index (χ3n) is 3.02. The third-order valence-corrected chi connectivity index (χ3v) is 3.02. The van der Waals surface area contributed by atoms with E-state index < -0.39 is 5.97 Å². The van der Waals surface area contributed by atoms with Crippen molar-refractivity contribution in [2.75, 3.05) is 18.5 Å². The molecule has 1 saturated carbocycles. The number of rotatable bonds is 8. The topological polar surface area (TPSA) is 94.6 Å². The van der Waals surface area contributed by atoms with Crippen LogP contribution in [0.4, 0.5) is 5.82 Å². The lowest BCUT2D eigenvalue weighted by atomic mass is 10.3. The monoisotopic (exact) mass is 278 g/mol. The van der Waals surface area contributed by atoms with E-state index in [0.29, 0.717) is 18.4 Å². The van der Waals surface area contributed by atoms with Gasteiger partial charge in [-0.2, -0.15) is 0 Å². The standard InChI is InChI=1S/C13H18N4O3/c18-12(16-15-11-3-1-2-7-14-11)9-17(10-4-5-10)8-6-13(19)20/h1-3,7,10H,4-6,8-9H2,(H,14,15)(H,16,18)(H,19,20). The Morgan fingerprint density at radius 3 is 2.80 bits per heavy atom. The highest BCUT2D eigenvalue weighted by Crippen LogP contribution is 2.26. The predicted molar refractivity (Wildman–Crippen MR) is 72.9 cm³/mol. The van der Waals surface area contributed by atoms with Gasteiger partial charge in [-0.05, 0) is 25.0 Å². The Hall–Kier alpha value is -2.15.